The van der Waals surface area contributed by atoms with Crippen molar-refractivity contribution < 1.29 is 27.8 Å². The van der Waals surface area contributed by atoms with Crippen LogP contribution in [0.3, 0.4) is 0 Å². The number of rotatable bonds is 5. The van der Waals surface area contributed by atoms with E-state index < -0.39 is 40.6 Å². The van der Waals surface area contributed by atoms with Crippen LogP contribution in [0.15, 0.2) is 12.1 Å². The van der Waals surface area contributed by atoms with E-state index in [9.17, 15) is 9.59 Å². The third kappa shape index (κ3) is 6.52. The fourth-order valence-electron chi connectivity index (χ4n) is 5.57. The largest absolute Gasteiger partial charge is 0.444 e. The minimum Gasteiger partial charge on any atom is -0.444 e. The number of ether oxygens (including phenoxy) is 2. The minimum atomic E-state index is -2.79. The van der Waals surface area contributed by atoms with Gasteiger partial charge in [-0.3, -0.25) is 4.90 Å². The predicted molar refractivity (Wildman–Crippen MR) is 137 cm³/mol. The van der Waals surface area contributed by atoms with Crippen molar-refractivity contribution in [2.75, 3.05) is 24.5 Å². The zero-order chi connectivity index (χ0) is 27.2. The van der Waals surface area contributed by atoms with E-state index in [1.54, 1.807) is 30.6 Å². The summed E-state index contributed by atoms with van der Waals surface area (Å²) in [6.07, 6.45) is 2.33. The molecule has 1 saturated carbocycles. The second kappa shape index (κ2) is 9.70. The van der Waals surface area contributed by atoms with Crippen molar-refractivity contribution in [2.24, 2.45) is 11.3 Å². The maximum absolute atomic E-state index is 15.2. The third-order valence-corrected chi connectivity index (χ3v) is 7.39. The number of anilines is 1. The summed E-state index contributed by atoms with van der Waals surface area (Å²) in [6, 6.07) is 3.83. The van der Waals surface area contributed by atoms with Crippen LogP contribution in [-0.4, -0.2) is 58.8 Å². The van der Waals surface area contributed by atoms with E-state index >= 15 is 8.78 Å². The van der Waals surface area contributed by atoms with Crippen molar-refractivity contribution in [1.29, 1.82) is 0 Å². The Morgan fingerprint density at radius 2 is 1.73 bits per heavy atom. The quantitative estimate of drug-likeness (QED) is 0.450. The zero-order valence-corrected chi connectivity index (χ0v) is 23.0. The molecule has 0 aromatic carbocycles. The highest BCUT2D eigenvalue weighted by atomic mass is 19.3. The van der Waals surface area contributed by atoms with Crippen LogP contribution in [0.1, 0.15) is 84.9 Å². The SMILES string of the molecule is CC(C)(C)OC(=O)N1CC[C@@]2(C[C@@H]2C(F)(F)CCCc2ccc3c(n2)N(C(=O)OC(C)(C)C)CCC3)C1. The molecule has 4 rings (SSSR count). The van der Waals surface area contributed by atoms with Crippen molar-refractivity contribution in [3.05, 3.63) is 23.4 Å². The first-order valence-corrected chi connectivity index (χ1v) is 13.4. The Hall–Kier alpha value is -2.45. The molecule has 3 aliphatic rings. The molecular formula is C28H41F2N3O4. The number of carbonyl (C=O) groups is 2. The first-order chi connectivity index (χ1) is 17.1. The first kappa shape index (κ1) is 27.6. The van der Waals surface area contributed by atoms with Crippen molar-refractivity contribution in [2.45, 2.75) is 104 Å². The van der Waals surface area contributed by atoms with E-state index in [0.717, 1.165) is 18.4 Å². The molecule has 2 fully saturated rings. The highest BCUT2D eigenvalue weighted by Gasteiger charge is 2.67. The standard InChI is InChI=1S/C28H41F2N3O4/c1-25(2,3)36-23(34)32-16-14-27(18-32)17-21(27)28(29,30)13-7-10-20-12-11-19-9-8-15-33(22(19)31-20)24(35)37-26(4,5)6/h11-12,21H,7-10,13-18H2,1-6H3/t21-,27+/m0/s1. The van der Waals surface area contributed by atoms with E-state index in [2.05, 4.69) is 4.98 Å². The molecule has 1 saturated heterocycles. The van der Waals surface area contributed by atoms with Gasteiger partial charge >= 0.3 is 12.2 Å². The van der Waals surface area contributed by atoms with Gasteiger partial charge in [0.25, 0.3) is 5.92 Å². The molecule has 3 heterocycles. The highest BCUT2D eigenvalue weighted by Crippen LogP contribution is 2.65. The van der Waals surface area contributed by atoms with Crippen LogP contribution in [0.2, 0.25) is 0 Å². The molecule has 206 valence electrons. The Labute approximate surface area is 218 Å². The lowest BCUT2D eigenvalue weighted by Gasteiger charge is -2.31. The number of hydrogen-bond acceptors (Lipinski definition) is 5. The van der Waals surface area contributed by atoms with Crippen LogP contribution in [-0.2, 0) is 22.3 Å². The second-order valence-corrected chi connectivity index (χ2v) is 12.9. The van der Waals surface area contributed by atoms with Gasteiger partial charge in [-0.1, -0.05) is 6.07 Å². The molecule has 9 heteroatoms. The van der Waals surface area contributed by atoms with E-state index in [1.165, 1.54) is 0 Å². The average Bonchev–Trinajstić information content (AvgIpc) is 3.32. The van der Waals surface area contributed by atoms with E-state index in [0.29, 0.717) is 56.8 Å². The normalized spacial score (nSPS) is 23.7. The van der Waals surface area contributed by atoms with Crippen LogP contribution >= 0.6 is 0 Å². The molecule has 2 atom stereocenters. The molecule has 0 bridgehead atoms. The number of pyridine rings is 1. The van der Waals surface area contributed by atoms with Crippen molar-refractivity contribution in [1.82, 2.24) is 9.88 Å². The van der Waals surface area contributed by atoms with Crippen LogP contribution in [0, 0.1) is 11.3 Å². The zero-order valence-electron chi connectivity index (χ0n) is 23.0. The van der Waals surface area contributed by atoms with Gasteiger partial charge in [0.05, 0.1) is 0 Å². The van der Waals surface area contributed by atoms with Gasteiger partial charge in [0.1, 0.15) is 17.0 Å². The molecule has 1 aromatic rings. The lowest BCUT2D eigenvalue weighted by molar-refractivity contribution is -0.0446. The molecule has 0 radical (unpaired) electrons. The predicted octanol–water partition coefficient (Wildman–Crippen LogP) is 6.37. The molecular weight excluding hydrogens is 480 g/mol. The van der Waals surface area contributed by atoms with Gasteiger partial charge < -0.3 is 14.4 Å². The number of hydrogen-bond donors (Lipinski definition) is 0. The third-order valence-electron chi connectivity index (χ3n) is 7.39. The van der Waals surface area contributed by atoms with E-state index in [1.807, 2.05) is 32.9 Å². The number of likely N-dealkylation sites (tertiary alicyclic amines) is 1. The number of aromatic nitrogens is 1. The van der Waals surface area contributed by atoms with Crippen molar-refractivity contribution >= 4 is 18.0 Å². The maximum atomic E-state index is 15.2. The van der Waals surface area contributed by atoms with Crippen molar-refractivity contribution in [3.63, 3.8) is 0 Å². The summed E-state index contributed by atoms with van der Waals surface area (Å²) in [6.45, 7) is 12.2. The number of fused-ring (bicyclic) bond motifs is 1. The topological polar surface area (TPSA) is 72.0 Å². The molecule has 1 spiro atoms. The number of amides is 2. The first-order valence-electron chi connectivity index (χ1n) is 13.4. The summed E-state index contributed by atoms with van der Waals surface area (Å²) in [7, 11) is 0. The molecule has 1 aliphatic carbocycles. The monoisotopic (exact) mass is 521 g/mol. The van der Waals surface area contributed by atoms with Gasteiger partial charge in [0.2, 0.25) is 0 Å². The Kier molecular flexibility index (Phi) is 7.23. The Morgan fingerprint density at radius 3 is 2.41 bits per heavy atom. The summed E-state index contributed by atoms with van der Waals surface area (Å²) in [5, 5.41) is 0. The van der Waals surface area contributed by atoms with Crippen LogP contribution in [0.25, 0.3) is 0 Å². The van der Waals surface area contributed by atoms with Gasteiger partial charge in [-0.05, 0) is 97.1 Å². The Balaban J connectivity index is 1.32. The number of nitrogens with zero attached hydrogens (tertiary/aromatic N) is 3. The molecule has 2 amide bonds. The molecule has 0 unspecified atom stereocenters. The number of halogens is 2. The lowest BCUT2D eigenvalue weighted by atomic mass is 9.96. The fraction of sp³-hybridized carbons (Fsp3) is 0.750. The average molecular weight is 522 g/mol. The molecule has 0 N–H and O–H groups in total. The van der Waals surface area contributed by atoms with Crippen molar-refractivity contribution in [3.8, 4) is 0 Å². The number of carbonyl (C=O) groups excluding carboxylic acids is 2. The maximum Gasteiger partial charge on any atom is 0.416 e. The van der Waals surface area contributed by atoms with Gasteiger partial charge in [0.15, 0.2) is 0 Å². The molecule has 2 aliphatic heterocycles. The van der Waals surface area contributed by atoms with E-state index in [4.69, 9.17) is 9.47 Å². The van der Waals surface area contributed by atoms with E-state index in [-0.39, 0.29) is 6.42 Å². The van der Waals surface area contributed by atoms with Gasteiger partial charge in [0, 0.05) is 37.7 Å². The van der Waals surface area contributed by atoms with Crippen LogP contribution in [0.5, 0.6) is 0 Å². The lowest BCUT2D eigenvalue weighted by Crippen LogP contribution is -2.40. The molecule has 1 aromatic heterocycles. The number of alkyl halides is 2. The number of aryl methyl sites for hydroxylation is 2. The molecule has 7 nitrogen and oxygen atoms in total. The second-order valence-electron chi connectivity index (χ2n) is 12.9. The smallest absolute Gasteiger partial charge is 0.416 e. The minimum absolute atomic E-state index is 0.222. The summed E-state index contributed by atoms with van der Waals surface area (Å²) in [5.41, 5.74) is -0.0250. The van der Waals surface area contributed by atoms with Crippen LogP contribution < -0.4 is 4.90 Å². The van der Waals surface area contributed by atoms with Gasteiger partial charge in [-0.2, -0.15) is 0 Å². The molecule has 37 heavy (non-hydrogen) atoms. The summed E-state index contributed by atoms with van der Waals surface area (Å²) in [4.78, 5) is 32.9. The summed E-state index contributed by atoms with van der Waals surface area (Å²) < 4.78 is 41.3. The highest BCUT2D eigenvalue weighted by molar-refractivity contribution is 5.88. The fourth-order valence-corrected chi connectivity index (χ4v) is 5.57. The summed E-state index contributed by atoms with van der Waals surface area (Å²) >= 11 is 0. The Morgan fingerprint density at radius 1 is 1.05 bits per heavy atom. The summed E-state index contributed by atoms with van der Waals surface area (Å²) in [5.74, 6) is -2.91. The van der Waals surface area contributed by atoms with Crippen LogP contribution in [0.4, 0.5) is 24.2 Å². The van der Waals surface area contributed by atoms with Gasteiger partial charge in [-0.15, -0.1) is 0 Å². The van der Waals surface area contributed by atoms with Gasteiger partial charge in [-0.25, -0.2) is 23.4 Å². The Bertz CT molecular complexity index is 1030.